The molecule has 3 unspecified atom stereocenters. The highest BCUT2D eigenvalue weighted by Crippen LogP contribution is 2.65. The molecule has 0 N–H and O–H groups in total. The average Bonchev–Trinajstić information content (AvgIpc) is 3.54. The Morgan fingerprint density at radius 1 is 1.09 bits per heavy atom. The van der Waals surface area contributed by atoms with Gasteiger partial charge in [-0.15, -0.1) is 0 Å². The highest BCUT2D eigenvalue weighted by molar-refractivity contribution is 6.10. The van der Waals surface area contributed by atoms with Crippen LogP contribution >= 0.6 is 0 Å². The van der Waals surface area contributed by atoms with E-state index in [0.29, 0.717) is 17.8 Å². The Labute approximate surface area is 194 Å². The van der Waals surface area contributed by atoms with Crippen LogP contribution in [0.15, 0.2) is 59.1 Å². The molecule has 0 bridgehead atoms. The molecule has 1 spiro atoms. The topological polar surface area (TPSA) is 113 Å². The number of para-hydroxylation sites is 1. The Morgan fingerprint density at radius 2 is 1.79 bits per heavy atom. The van der Waals surface area contributed by atoms with Crippen LogP contribution in [-0.4, -0.2) is 45.5 Å². The number of anilines is 1. The second-order valence-corrected chi connectivity index (χ2v) is 8.86. The van der Waals surface area contributed by atoms with E-state index >= 15 is 0 Å². The van der Waals surface area contributed by atoms with Crippen molar-refractivity contribution in [3.05, 3.63) is 87.3 Å². The molecule has 1 aromatic heterocycles. The fraction of sp³-hybridized carbons (Fsp3) is 0.292. The van der Waals surface area contributed by atoms with Gasteiger partial charge in [0.05, 0.1) is 11.0 Å². The van der Waals surface area contributed by atoms with Gasteiger partial charge in [-0.2, -0.15) is 0 Å². The summed E-state index contributed by atoms with van der Waals surface area (Å²) in [4.78, 5) is 40.7. The summed E-state index contributed by atoms with van der Waals surface area (Å²) in [6.07, 6.45) is 0.239. The minimum atomic E-state index is -1.36. The van der Waals surface area contributed by atoms with E-state index in [-0.39, 0.29) is 35.4 Å². The Bertz CT molecular complexity index is 1350. The summed E-state index contributed by atoms with van der Waals surface area (Å²) in [5.41, 5.74) is 0.668. The molecule has 2 amide bonds. The maximum atomic E-state index is 14.3. The predicted molar refractivity (Wildman–Crippen MR) is 120 cm³/mol. The number of hydrogen-bond acceptors (Lipinski definition) is 7. The molecule has 34 heavy (non-hydrogen) atoms. The van der Waals surface area contributed by atoms with Crippen LogP contribution in [0.4, 0.5) is 11.4 Å². The molecular formula is C24H21N5O5. The van der Waals surface area contributed by atoms with E-state index in [4.69, 9.17) is 4.52 Å². The first kappa shape index (κ1) is 20.5. The smallest absolute Gasteiger partial charge is 0.336 e. The van der Waals surface area contributed by atoms with Crippen molar-refractivity contribution in [2.75, 3.05) is 18.5 Å². The summed E-state index contributed by atoms with van der Waals surface area (Å²) < 4.78 is 5.58. The van der Waals surface area contributed by atoms with Gasteiger partial charge in [0.15, 0.2) is 5.69 Å². The van der Waals surface area contributed by atoms with Crippen LogP contribution < -0.4 is 4.90 Å². The van der Waals surface area contributed by atoms with E-state index in [1.165, 1.54) is 11.9 Å². The van der Waals surface area contributed by atoms with Crippen LogP contribution in [0, 0.1) is 17.0 Å². The number of hydrogen-bond donors (Lipinski definition) is 0. The fourth-order valence-electron chi connectivity index (χ4n) is 6.02. The van der Waals surface area contributed by atoms with Crippen molar-refractivity contribution in [2.24, 2.45) is 0 Å². The van der Waals surface area contributed by atoms with Gasteiger partial charge in [0.25, 0.3) is 0 Å². The fourth-order valence-corrected chi connectivity index (χ4v) is 6.02. The van der Waals surface area contributed by atoms with Crippen molar-refractivity contribution in [1.82, 2.24) is 15.2 Å². The number of aryl methyl sites for hydroxylation is 1. The van der Waals surface area contributed by atoms with Gasteiger partial charge in [0, 0.05) is 25.7 Å². The van der Waals surface area contributed by atoms with Gasteiger partial charge in [-0.3, -0.25) is 24.7 Å². The van der Waals surface area contributed by atoms with E-state index in [0.717, 1.165) is 5.56 Å². The van der Waals surface area contributed by atoms with Gasteiger partial charge in [0.1, 0.15) is 11.5 Å². The van der Waals surface area contributed by atoms with Crippen molar-refractivity contribution in [2.45, 2.75) is 30.8 Å². The van der Waals surface area contributed by atoms with E-state index in [2.05, 4.69) is 5.16 Å². The van der Waals surface area contributed by atoms with Crippen LogP contribution in [0.2, 0.25) is 0 Å². The molecule has 3 aliphatic rings. The van der Waals surface area contributed by atoms with Crippen molar-refractivity contribution >= 4 is 23.2 Å². The molecule has 3 aromatic rings. The van der Waals surface area contributed by atoms with Gasteiger partial charge in [-0.1, -0.05) is 53.7 Å². The zero-order valence-corrected chi connectivity index (χ0v) is 18.5. The molecule has 3 atom stereocenters. The number of likely N-dealkylation sites (N-methyl/N-ethyl adjacent to an activating group) is 1. The lowest BCUT2D eigenvalue weighted by molar-refractivity contribution is -0.387. The Morgan fingerprint density at radius 3 is 2.53 bits per heavy atom. The summed E-state index contributed by atoms with van der Waals surface area (Å²) in [5, 5.41) is 19.3. The predicted octanol–water partition coefficient (Wildman–Crippen LogP) is 3.05. The lowest BCUT2D eigenvalue weighted by Crippen LogP contribution is -2.47. The van der Waals surface area contributed by atoms with E-state index in [9.17, 15) is 19.7 Å². The maximum Gasteiger partial charge on any atom is 0.336 e. The van der Waals surface area contributed by atoms with Crippen LogP contribution in [-0.2, 0) is 15.0 Å². The number of nitro groups is 1. The first-order valence-electron chi connectivity index (χ1n) is 11.0. The van der Waals surface area contributed by atoms with Crippen LogP contribution in [0.1, 0.15) is 41.1 Å². The quantitative estimate of drug-likeness (QED) is 0.437. The maximum absolute atomic E-state index is 14.3. The molecule has 172 valence electrons. The molecule has 0 aliphatic carbocycles. The summed E-state index contributed by atoms with van der Waals surface area (Å²) in [5.74, 6) is -0.552. The van der Waals surface area contributed by atoms with Crippen molar-refractivity contribution < 1.29 is 19.0 Å². The number of carbonyl (C=O) groups is 2. The van der Waals surface area contributed by atoms with Crippen molar-refractivity contribution in [3.63, 3.8) is 0 Å². The molecule has 0 saturated carbocycles. The third-order valence-corrected chi connectivity index (χ3v) is 7.27. The number of amides is 2. The second kappa shape index (κ2) is 6.97. The van der Waals surface area contributed by atoms with E-state index in [1.807, 2.05) is 59.6 Å². The first-order chi connectivity index (χ1) is 16.4. The molecule has 2 saturated heterocycles. The van der Waals surface area contributed by atoms with Gasteiger partial charge in [-0.05, 0) is 24.1 Å². The number of nitrogens with zero attached hydrogens (tertiary/aromatic N) is 5. The number of hydrazine groups is 1. The monoisotopic (exact) mass is 459 g/mol. The standard InChI is InChI=1S/C24H21N5O5/c1-14-19(29(32)33)20(34-25-14)22-24(16-10-6-7-11-17(16)26(2)23(24)31)21(15-8-4-3-5-9-15)27-13-12-18(30)28(22)27/h3-11,21-22H,12-13H2,1-2H3. The second-order valence-electron chi connectivity index (χ2n) is 8.86. The normalized spacial score (nSPS) is 25.9. The molecular weight excluding hydrogens is 438 g/mol. The average molecular weight is 459 g/mol. The number of rotatable bonds is 3. The van der Waals surface area contributed by atoms with Crippen molar-refractivity contribution in [1.29, 1.82) is 0 Å². The summed E-state index contributed by atoms with van der Waals surface area (Å²) >= 11 is 0. The largest absolute Gasteiger partial charge is 0.351 e. The van der Waals surface area contributed by atoms with E-state index < -0.39 is 22.4 Å². The number of aromatic nitrogens is 1. The van der Waals surface area contributed by atoms with Gasteiger partial charge in [-0.25, -0.2) is 5.01 Å². The Kier molecular flexibility index (Phi) is 4.21. The van der Waals surface area contributed by atoms with Crippen LogP contribution in [0.5, 0.6) is 0 Å². The molecule has 0 radical (unpaired) electrons. The molecule has 10 nitrogen and oxygen atoms in total. The molecule has 2 aromatic carbocycles. The molecule has 4 heterocycles. The first-order valence-corrected chi connectivity index (χ1v) is 11.0. The lowest BCUT2D eigenvalue weighted by Gasteiger charge is -2.34. The van der Waals surface area contributed by atoms with Gasteiger partial charge < -0.3 is 9.42 Å². The summed E-state index contributed by atoms with van der Waals surface area (Å²) in [7, 11) is 1.69. The highest BCUT2D eigenvalue weighted by Gasteiger charge is 2.72. The highest BCUT2D eigenvalue weighted by atomic mass is 16.6. The molecule has 10 heteroatoms. The zero-order valence-electron chi connectivity index (χ0n) is 18.5. The minimum absolute atomic E-state index is 0.0837. The summed E-state index contributed by atoms with van der Waals surface area (Å²) in [6, 6.07) is 15.3. The zero-order chi connectivity index (χ0) is 23.8. The van der Waals surface area contributed by atoms with Crippen LogP contribution in [0.3, 0.4) is 0 Å². The van der Waals surface area contributed by atoms with E-state index in [1.54, 1.807) is 11.9 Å². The minimum Gasteiger partial charge on any atom is -0.351 e. The lowest BCUT2D eigenvalue weighted by atomic mass is 9.67. The third kappa shape index (κ3) is 2.35. The van der Waals surface area contributed by atoms with Gasteiger partial charge in [0.2, 0.25) is 17.6 Å². The van der Waals surface area contributed by atoms with Crippen molar-refractivity contribution in [3.8, 4) is 0 Å². The molecule has 2 fully saturated rings. The number of fused-ring (bicyclic) bond motifs is 3. The SMILES string of the molecule is Cc1noc(C2N3C(=O)CCN3C(c3ccccc3)C23C(=O)N(C)c2ccccc23)c1[N+](=O)[O-]. The van der Waals surface area contributed by atoms with Crippen LogP contribution in [0.25, 0.3) is 0 Å². The molecule has 3 aliphatic heterocycles. The Hall–Kier alpha value is -4.05. The number of benzene rings is 2. The van der Waals surface area contributed by atoms with Gasteiger partial charge >= 0.3 is 5.69 Å². The number of carbonyl (C=O) groups excluding carboxylic acids is 2. The molecule has 6 rings (SSSR count). The summed E-state index contributed by atoms with van der Waals surface area (Å²) in [6.45, 7) is 1.87. The third-order valence-electron chi connectivity index (χ3n) is 7.27. The Balaban J connectivity index is 1.73.